The Morgan fingerprint density at radius 2 is 0.709 bits per heavy atom. The smallest absolute Gasteiger partial charge is 0.264 e. The third-order valence-corrected chi connectivity index (χ3v) is 13.2. The van der Waals surface area contributed by atoms with Crippen molar-refractivity contribution in [1.82, 2.24) is 4.57 Å². The number of nitrogens with zero attached hydrogens (tertiary/aromatic N) is 1. The van der Waals surface area contributed by atoms with Crippen LogP contribution in [0.2, 0.25) is 0 Å². The summed E-state index contributed by atoms with van der Waals surface area (Å²) in [5.41, 5.74) is -0.0719. The second kappa shape index (κ2) is 29.6. The summed E-state index contributed by atoms with van der Waals surface area (Å²) in [7, 11) is 1.64. The monoisotopic (exact) mass is 1100 g/mol. The average Bonchev–Trinajstić information content (AvgIpc) is 3.47. The van der Waals surface area contributed by atoms with Crippen molar-refractivity contribution in [2.45, 2.75) is 131 Å². The predicted octanol–water partition coefficient (Wildman–Crippen LogP) is 8.24. The van der Waals surface area contributed by atoms with Crippen LogP contribution in [0.5, 0.6) is 11.5 Å². The summed E-state index contributed by atoms with van der Waals surface area (Å²) in [6.07, 6.45) is -1.60. The van der Waals surface area contributed by atoms with Gasteiger partial charge in [-0.3, -0.25) is 23.7 Å². The van der Waals surface area contributed by atoms with E-state index in [4.69, 9.17) is 47.4 Å². The zero-order chi connectivity index (χ0) is 57.5. The molecule has 6 rings (SSSR count). The van der Waals surface area contributed by atoms with Gasteiger partial charge in [0.1, 0.15) is 11.5 Å². The Balaban J connectivity index is 1.03. The normalized spacial score (nSPS) is 15.5. The fraction of sp³-hybridized carbons (Fsp3) is 0.533. The highest BCUT2D eigenvalue weighted by Crippen LogP contribution is 2.50. The Morgan fingerprint density at radius 3 is 1.03 bits per heavy atom. The molecule has 79 heavy (non-hydrogen) atoms. The summed E-state index contributed by atoms with van der Waals surface area (Å²) < 4.78 is 59.5. The van der Waals surface area contributed by atoms with Gasteiger partial charge in [0.25, 0.3) is 11.1 Å². The molecule has 1 aromatic heterocycles. The number of aromatic hydroxyl groups is 2. The standard InChI is InChI=1S/C60H81N3O16/c1-34-13-17-45(18-14-34)61-55-51-52(58(67)50-48(65)22-21-47(64)49(50)57(51)66)56(62-46-19-15-35(2)16-20-46)54-53(55)59(68)63(60(54)69)36(3)25-72-38(5)27-74-40(7)29-76-42(9)31-78-44(11)33-79-43(10)32-77-41(8)30-75-39(6)28-73-37(4)26-71-24-23-70-12/h13-22,36-44,61-62,66-67H,23-33H2,1-12H3. The minimum Gasteiger partial charge on any atom is -0.506 e. The van der Waals surface area contributed by atoms with Gasteiger partial charge in [0.05, 0.1) is 171 Å². The van der Waals surface area contributed by atoms with Crippen LogP contribution in [-0.2, 0) is 47.4 Å². The molecule has 9 atom stereocenters. The summed E-state index contributed by atoms with van der Waals surface area (Å²) in [6.45, 7) is 24.9. The number of hydrogen-bond donors (Lipinski definition) is 4. The van der Waals surface area contributed by atoms with Crippen LogP contribution in [0, 0.1) is 13.8 Å². The molecule has 0 aliphatic heterocycles. The molecule has 0 saturated carbocycles. The van der Waals surface area contributed by atoms with Gasteiger partial charge >= 0.3 is 0 Å². The van der Waals surface area contributed by atoms with Crippen molar-refractivity contribution in [3.05, 3.63) is 113 Å². The molecular weight excluding hydrogens is 1020 g/mol. The molecule has 4 N–H and O–H groups in total. The quantitative estimate of drug-likeness (QED) is 0.0129. The number of hydrogen-bond acceptors (Lipinski definition) is 18. The summed E-state index contributed by atoms with van der Waals surface area (Å²) >= 11 is 0. The van der Waals surface area contributed by atoms with Crippen molar-refractivity contribution in [3.63, 3.8) is 0 Å². The highest BCUT2D eigenvalue weighted by molar-refractivity contribution is 6.28. The van der Waals surface area contributed by atoms with E-state index in [2.05, 4.69) is 10.6 Å². The molecule has 0 bridgehead atoms. The van der Waals surface area contributed by atoms with Crippen LogP contribution < -0.4 is 32.6 Å². The summed E-state index contributed by atoms with van der Waals surface area (Å²) in [5, 5.41) is 29.3. The van der Waals surface area contributed by atoms with Crippen molar-refractivity contribution in [3.8, 4) is 11.5 Å². The number of methoxy groups -OCH3 is 1. The lowest BCUT2D eigenvalue weighted by atomic mass is 9.94. The maximum atomic E-state index is 14.9. The molecule has 19 heteroatoms. The number of phenols is 2. The van der Waals surface area contributed by atoms with Crippen LogP contribution in [0.1, 0.15) is 79.5 Å². The van der Waals surface area contributed by atoms with Crippen LogP contribution in [0.4, 0.5) is 22.7 Å². The Kier molecular flexibility index (Phi) is 23.3. The zero-order valence-corrected chi connectivity index (χ0v) is 47.8. The molecule has 5 aromatic carbocycles. The molecule has 0 fully saturated rings. The van der Waals surface area contributed by atoms with E-state index < -0.39 is 56.4 Å². The number of ether oxygens (including phenoxy) is 10. The number of aryl methyl sites for hydroxylation is 2. The van der Waals surface area contributed by atoms with E-state index in [0.29, 0.717) is 64.2 Å². The molecule has 432 valence electrons. The van der Waals surface area contributed by atoms with Crippen LogP contribution in [-0.4, -0.2) is 143 Å². The van der Waals surface area contributed by atoms with Gasteiger partial charge in [-0.05, 0) is 113 Å². The van der Waals surface area contributed by atoms with Crippen molar-refractivity contribution in [1.29, 1.82) is 0 Å². The fourth-order valence-electron chi connectivity index (χ4n) is 8.73. The summed E-state index contributed by atoms with van der Waals surface area (Å²) in [6, 6.07) is 15.6. The largest absolute Gasteiger partial charge is 0.506 e. The Labute approximate surface area is 461 Å². The number of fused-ring (bicyclic) bond motifs is 3. The second-order valence-electron chi connectivity index (χ2n) is 20.8. The van der Waals surface area contributed by atoms with Crippen LogP contribution >= 0.6 is 0 Å². The van der Waals surface area contributed by atoms with E-state index in [1.165, 1.54) is 0 Å². The van der Waals surface area contributed by atoms with Crippen molar-refractivity contribution in [2.75, 3.05) is 90.4 Å². The van der Waals surface area contributed by atoms with Gasteiger partial charge < -0.3 is 68.2 Å². The highest BCUT2D eigenvalue weighted by Gasteiger charge is 2.32. The topological polar surface area (TPSA) is 230 Å². The van der Waals surface area contributed by atoms with Crippen LogP contribution in [0.25, 0.3) is 32.3 Å². The van der Waals surface area contributed by atoms with Crippen LogP contribution in [0.3, 0.4) is 0 Å². The summed E-state index contributed by atoms with van der Waals surface area (Å²) in [5.74, 6) is -1.28. The van der Waals surface area contributed by atoms with E-state index in [-0.39, 0.29) is 95.5 Å². The molecule has 0 spiro atoms. The third kappa shape index (κ3) is 16.9. The molecule has 6 aromatic rings. The fourth-order valence-corrected chi connectivity index (χ4v) is 8.73. The summed E-state index contributed by atoms with van der Waals surface area (Å²) in [4.78, 5) is 56.6. The Bertz CT molecular complexity index is 2960. The molecule has 0 radical (unpaired) electrons. The minimum atomic E-state index is -0.826. The first-order valence-electron chi connectivity index (χ1n) is 27.1. The molecule has 0 aliphatic rings. The predicted molar refractivity (Wildman–Crippen MR) is 307 cm³/mol. The van der Waals surface area contributed by atoms with Crippen molar-refractivity contribution < 1.29 is 57.6 Å². The molecule has 0 amide bonds. The molecule has 0 saturated heterocycles. The van der Waals surface area contributed by atoms with Gasteiger partial charge in [0, 0.05) is 18.5 Å². The molecule has 9 unspecified atom stereocenters. The van der Waals surface area contributed by atoms with Gasteiger partial charge in [0.15, 0.2) is 10.9 Å². The Hall–Kier alpha value is -5.84. The number of nitrogens with one attached hydrogen (secondary N) is 2. The lowest BCUT2D eigenvalue weighted by Crippen LogP contribution is -2.33. The first-order valence-corrected chi connectivity index (χ1v) is 27.1. The van der Waals surface area contributed by atoms with E-state index >= 15 is 0 Å². The maximum absolute atomic E-state index is 14.9. The zero-order valence-electron chi connectivity index (χ0n) is 47.8. The third-order valence-electron chi connectivity index (χ3n) is 13.2. The molecule has 19 nitrogen and oxygen atoms in total. The number of rotatable bonds is 34. The number of anilines is 4. The van der Waals surface area contributed by atoms with E-state index in [1.54, 1.807) is 38.3 Å². The van der Waals surface area contributed by atoms with Gasteiger partial charge in [-0.25, -0.2) is 0 Å². The Morgan fingerprint density at radius 1 is 0.405 bits per heavy atom. The first kappa shape index (κ1) is 62.4. The van der Waals surface area contributed by atoms with E-state index in [9.17, 15) is 29.4 Å². The van der Waals surface area contributed by atoms with Crippen LogP contribution in [0.15, 0.2) is 79.8 Å². The maximum Gasteiger partial charge on any atom is 0.264 e. The van der Waals surface area contributed by atoms with Gasteiger partial charge in [-0.1, -0.05) is 35.4 Å². The van der Waals surface area contributed by atoms with Gasteiger partial charge in [-0.15, -0.1) is 0 Å². The lowest BCUT2D eigenvalue weighted by Gasteiger charge is -2.23. The van der Waals surface area contributed by atoms with Crippen molar-refractivity contribution in [2.24, 2.45) is 0 Å². The minimum absolute atomic E-state index is 0.0372. The highest BCUT2D eigenvalue weighted by atomic mass is 16.6. The number of aromatic nitrogens is 1. The average molecular weight is 1100 g/mol. The van der Waals surface area contributed by atoms with E-state index in [1.807, 2.05) is 93.5 Å². The molecule has 0 aliphatic carbocycles. The SMILES string of the molecule is COCCOCC(C)OCC(C)OCC(C)OCC(C)OCC(C)OCC(C)OCC(C)OCC(C)OCC(C)n1c(=O)c2c(Nc3ccc(C)cc3)c3c(O)c4c(=O)ccc(=O)c4c(O)c3c(Nc3ccc(C)cc3)c2c1=O. The second-order valence-corrected chi connectivity index (χ2v) is 20.8. The van der Waals surface area contributed by atoms with Crippen molar-refractivity contribution >= 4 is 55.1 Å². The van der Waals surface area contributed by atoms with Gasteiger partial charge in [0.2, 0.25) is 0 Å². The number of phenolic OH excluding ortho intramolecular Hbond substituents is 2. The van der Waals surface area contributed by atoms with Gasteiger partial charge in [-0.2, -0.15) is 0 Å². The van der Waals surface area contributed by atoms with E-state index in [0.717, 1.165) is 27.8 Å². The molecule has 1 heterocycles. The number of benzene rings is 5. The lowest BCUT2D eigenvalue weighted by molar-refractivity contribution is -0.110. The molecular formula is C60H81N3O16. The first-order chi connectivity index (χ1) is 37.7.